The first-order valence-electron chi connectivity index (χ1n) is 8.86. The summed E-state index contributed by atoms with van der Waals surface area (Å²) in [6.07, 6.45) is 4.42. The van der Waals surface area contributed by atoms with Crippen LogP contribution in [0.4, 0.5) is 0 Å². The van der Waals surface area contributed by atoms with Gasteiger partial charge < -0.3 is 14.2 Å². The molecule has 5 nitrogen and oxygen atoms in total. The van der Waals surface area contributed by atoms with Gasteiger partial charge in [-0.15, -0.1) is 0 Å². The van der Waals surface area contributed by atoms with E-state index in [4.69, 9.17) is 14.2 Å². The second-order valence-corrected chi connectivity index (χ2v) is 6.36. The smallest absolute Gasteiger partial charge is 0.200 e. The van der Waals surface area contributed by atoms with Crippen molar-refractivity contribution in [1.82, 2.24) is 10.2 Å². The number of nitrogens with one attached hydrogen (secondary N) is 1. The molecule has 134 valence electrons. The van der Waals surface area contributed by atoms with Crippen LogP contribution in [-0.2, 0) is 11.2 Å². The average Bonchev–Trinajstić information content (AvgIpc) is 3.35. The molecule has 5 heteroatoms. The molecule has 0 spiro atoms. The van der Waals surface area contributed by atoms with Crippen molar-refractivity contribution in [3.05, 3.63) is 65.9 Å². The summed E-state index contributed by atoms with van der Waals surface area (Å²) in [5.41, 5.74) is 4.40. The quantitative estimate of drug-likeness (QED) is 0.724. The zero-order valence-corrected chi connectivity index (χ0v) is 14.8. The fourth-order valence-corrected chi connectivity index (χ4v) is 3.22. The van der Waals surface area contributed by atoms with E-state index in [0.29, 0.717) is 11.5 Å². The van der Waals surface area contributed by atoms with Gasteiger partial charge in [0.25, 0.3) is 0 Å². The van der Waals surface area contributed by atoms with Gasteiger partial charge in [-0.1, -0.05) is 30.3 Å². The number of methoxy groups -OCH3 is 1. The van der Waals surface area contributed by atoms with Crippen LogP contribution in [0.15, 0.2) is 54.7 Å². The molecule has 2 aromatic carbocycles. The number of aromatic amines is 1. The molecule has 3 aromatic rings. The summed E-state index contributed by atoms with van der Waals surface area (Å²) >= 11 is 0. The third-order valence-corrected chi connectivity index (χ3v) is 4.55. The standard InChI is InChI=1S/C21H22N2O3/c1-24-18-10-9-16(13-19(18)26-20-8-5-11-25-20)21-17(14-22-23-21)12-15-6-3-2-4-7-15/h2-4,6-7,9-10,13-14,20H,5,8,11-12H2,1H3,(H,22,23). The van der Waals surface area contributed by atoms with Gasteiger partial charge in [-0.25, -0.2) is 0 Å². The van der Waals surface area contributed by atoms with E-state index >= 15 is 0 Å². The summed E-state index contributed by atoms with van der Waals surface area (Å²) in [6, 6.07) is 16.3. The largest absolute Gasteiger partial charge is 0.493 e. The molecule has 1 saturated heterocycles. The number of ether oxygens (including phenoxy) is 3. The average molecular weight is 350 g/mol. The molecule has 26 heavy (non-hydrogen) atoms. The minimum absolute atomic E-state index is 0.204. The van der Waals surface area contributed by atoms with E-state index in [1.165, 1.54) is 5.56 Å². The molecule has 0 saturated carbocycles. The van der Waals surface area contributed by atoms with Crippen LogP contribution in [0, 0.1) is 0 Å². The number of hydrogen-bond acceptors (Lipinski definition) is 4. The monoisotopic (exact) mass is 350 g/mol. The predicted octanol–water partition coefficient (Wildman–Crippen LogP) is 4.19. The Kier molecular flexibility index (Phi) is 4.88. The fraction of sp³-hybridized carbons (Fsp3) is 0.286. The first kappa shape index (κ1) is 16.7. The van der Waals surface area contributed by atoms with Crippen LogP contribution in [0.25, 0.3) is 11.3 Å². The lowest BCUT2D eigenvalue weighted by Crippen LogP contribution is -2.14. The lowest BCUT2D eigenvalue weighted by atomic mass is 10.0. The van der Waals surface area contributed by atoms with E-state index < -0.39 is 0 Å². The highest BCUT2D eigenvalue weighted by Crippen LogP contribution is 2.35. The molecule has 1 aromatic heterocycles. The first-order valence-corrected chi connectivity index (χ1v) is 8.86. The van der Waals surface area contributed by atoms with Crippen LogP contribution in [0.2, 0.25) is 0 Å². The van der Waals surface area contributed by atoms with Crippen molar-refractivity contribution in [3.8, 4) is 22.8 Å². The SMILES string of the molecule is COc1ccc(-c2[nH]ncc2Cc2ccccc2)cc1OC1CCCO1. The number of rotatable bonds is 6. The van der Waals surface area contributed by atoms with E-state index in [0.717, 1.165) is 42.7 Å². The predicted molar refractivity (Wildman–Crippen MR) is 99.4 cm³/mol. The lowest BCUT2D eigenvalue weighted by Gasteiger charge is -2.16. The van der Waals surface area contributed by atoms with E-state index in [-0.39, 0.29) is 6.29 Å². The van der Waals surface area contributed by atoms with Gasteiger partial charge in [0.2, 0.25) is 0 Å². The molecular weight excluding hydrogens is 328 g/mol. The summed E-state index contributed by atoms with van der Waals surface area (Å²) in [4.78, 5) is 0. The van der Waals surface area contributed by atoms with Crippen LogP contribution < -0.4 is 9.47 Å². The zero-order chi connectivity index (χ0) is 17.8. The van der Waals surface area contributed by atoms with Crippen molar-refractivity contribution in [2.24, 2.45) is 0 Å². The molecule has 1 fully saturated rings. The van der Waals surface area contributed by atoms with Gasteiger partial charge in [0.15, 0.2) is 17.8 Å². The molecule has 1 aliphatic heterocycles. The van der Waals surface area contributed by atoms with Crippen molar-refractivity contribution >= 4 is 0 Å². The summed E-state index contributed by atoms with van der Waals surface area (Å²) in [7, 11) is 1.65. The Hall–Kier alpha value is -2.79. The maximum Gasteiger partial charge on any atom is 0.200 e. The van der Waals surface area contributed by atoms with Crippen LogP contribution in [0.5, 0.6) is 11.5 Å². The molecule has 0 radical (unpaired) electrons. The molecule has 0 amide bonds. The molecule has 1 atom stereocenters. The molecule has 2 heterocycles. The van der Waals surface area contributed by atoms with Gasteiger partial charge in [-0.3, -0.25) is 5.10 Å². The van der Waals surface area contributed by atoms with Crippen LogP contribution in [0.3, 0.4) is 0 Å². The topological polar surface area (TPSA) is 56.4 Å². The summed E-state index contributed by atoms with van der Waals surface area (Å²) < 4.78 is 17.1. The minimum atomic E-state index is -0.204. The Morgan fingerprint density at radius 2 is 2.04 bits per heavy atom. The van der Waals surface area contributed by atoms with E-state index in [1.807, 2.05) is 30.5 Å². The third-order valence-electron chi connectivity index (χ3n) is 4.55. The van der Waals surface area contributed by atoms with E-state index in [1.54, 1.807) is 7.11 Å². The first-order chi connectivity index (χ1) is 12.8. The number of benzene rings is 2. The number of nitrogens with zero attached hydrogens (tertiary/aromatic N) is 1. The number of hydrogen-bond donors (Lipinski definition) is 1. The molecule has 0 bridgehead atoms. The molecule has 0 aliphatic carbocycles. The maximum absolute atomic E-state index is 6.01. The minimum Gasteiger partial charge on any atom is -0.493 e. The lowest BCUT2D eigenvalue weighted by molar-refractivity contribution is -0.0402. The summed E-state index contributed by atoms with van der Waals surface area (Å²) in [6.45, 7) is 0.744. The molecule has 4 rings (SSSR count). The van der Waals surface area contributed by atoms with Gasteiger partial charge in [-0.05, 0) is 30.2 Å². The number of aromatic nitrogens is 2. The van der Waals surface area contributed by atoms with E-state index in [9.17, 15) is 0 Å². The molecule has 1 unspecified atom stereocenters. The van der Waals surface area contributed by atoms with Crippen molar-refractivity contribution in [2.75, 3.05) is 13.7 Å². The second-order valence-electron chi connectivity index (χ2n) is 6.36. The summed E-state index contributed by atoms with van der Waals surface area (Å²) in [5.74, 6) is 1.39. The highest BCUT2D eigenvalue weighted by Gasteiger charge is 2.20. The molecule has 1 aliphatic rings. The van der Waals surface area contributed by atoms with Gasteiger partial charge in [0.05, 0.1) is 25.6 Å². The normalized spacial score (nSPS) is 16.6. The molecular formula is C21H22N2O3. The Morgan fingerprint density at radius 1 is 1.15 bits per heavy atom. The van der Waals surface area contributed by atoms with Crippen LogP contribution >= 0.6 is 0 Å². The van der Waals surface area contributed by atoms with Crippen LogP contribution in [-0.4, -0.2) is 30.2 Å². The highest BCUT2D eigenvalue weighted by molar-refractivity contribution is 5.67. The molecule has 1 N–H and O–H groups in total. The van der Waals surface area contributed by atoms with Crippen molar-refractivity contribution in [2.45, 2.75) is 25.6 Å². The van der Waals surface area contributed by atoms with Crippen LogP contribution in [0.1, 0.15) is 24.0 Å². The fourth-order valence-electron chi connectivity index (χ4n) is 3.22. The Morgan fingerprint density at radius 3 is 2.81 bits per heavy atom. The Balaban J connectivity index is 1.62. The van der Waals surface area contributed by atoms with Gasteiger partial charge >= 0.3 is 0 Å². The highest BCUT2D eigenvalue weighted by atomic mass is 16.7. The van der Waals surface area contributed by atoms with E-state index in [2.05, 4.69) is 34.5 Å². The van der Waals surface area contributed by atoms with Crippen molar-refractivity contribution < 1.29 is 14.2 Å². The maximum atomic E-state index is 6.01. The van der Waals surface area contributed by atoms with Crippen molar-refractivity contribution in [3.63, 3.8) is 0 Å². The summed E-state index contributed by atoms with van der Waals surface area (Å²) in [5, 5.41) is 7.37. The Bertz CT molecular complexity index is 855. The third kappa shape index (κ3) is 3.58. The van der Waals surface area contributed by atoms with Crippen molar-refractivity contribution in [1.29, 1.82) is 0 Å². The number of H-pyrrole nitrogens is 1. The van der Waals surface area contributed by atoms with Gasteiger partial charge in [-0.2, -0.15) is 5.10 Å². The zero-order valence-electron chi connectivity index (χ0n) is 14.8. The van der Waals surface area contributed by atoms with Gasteiger partial charge in [0.1, 0.15) is 0 Å². The second kappa shape index (κ2) is 7.62. The Labute approximate surface area is 152 Å². The van der Waals surface area contributed by atoms with Gasteiger partial charge in [0, 0.05) is 24.0 Å².